The Kier molecular flexibility index (Phi) is 10.8. The number of hydrogen-bond acceptors (Lipinski definition) is 4. The highest BCUT2D eigenvalue weighted by Crippen LogP contribution is 2.17. The molecule has 1 unspecified atom stereocenters. The molecular formula is C21H46N2O2. The average Bonchev–Trinajstić information content (AvgIpc) is 2.37. The van der Waals surface area contributed by atoms with E-state index in [0.717, 1.165) is 45.9 Å². The summed E-state index contributed by atoms with van der Waals surface area (Å²) in [5.41, 5.74) is 0.274. The SMILES string of the molecule is CC(CCOC(C)(C)C)CN(CCOCCNC(C)(C)C)C(C)(C)C. The lowest BCUT2D eigenvalue weighted by Gasteiger charge is -2.37. The lowest BCUT2D eigenvalue weighted by Crippen LogP contribution is -2.46. The fraction of sp³-hybridized carbons (Fsp3) is 1.00. The highest BCUT2D eigenvalue weighted by molar-refractivity contribution is 4.78. The summed E-state index contributed by atoms with van der Waals surface area (Å²) < 4.78 is 11.7. The fourth-order valence-electron chi connectivity index (χ4n) is 2.51. The van der Waals surface area contributed by atoms with Gasteiger partial charge in [-0.15, -0.1) is 0 Å². The zero-order valence-electron chi connectivity index (χ0n) is 18.8. The highest BCUT2D eigenvalue weighted by atomic mass is 16.5. The number of nitrogens with zero attached hydrogens (tertiary/aromatic N) is 1. The predicted molar refractivity (Wildman–Crippen MR) is 109 cm³/mol. The summed E-state index contributed by atoms with van der Waals surface area (Å²) in [5.74, 6) is 0.615. The first-order valence-electron chi connectivity index (χ1n) is 9.92. The maximum absolute atomic E-state index is 5.87. The van der Waals surface area contributed by atoms with Crippen LogP contribution >= 0.6 is 0 Å². The van der Waals surface area contributed by atoms with Gasteiger partial charge in [-0.3, -0.25) is 4.90 Å². The molecule has 0 aromatic carbocycles. The summed E-state index contributed by atoms with van der Waals surface area (Å²) in [6.07, 6.45) is 1.10. The van der Waals surface area contributed by atoms with Gasteiger partial charge in [0.2, 0.25) is 0 Å². The molecule has 0 aromatic rings. The first-order chi connectivity index (χ1) is 11.2. The van der Waals surface area contributed by atoms with Crippen molar-refractivity contribution in [3.05, 3.63) is 0 Å². The second-order valence-electron chi connectivity index (χ2n) is 10.3. The zero-order chi connectivity index (χ0) is 19.7. The van der Waals surface area contributed by atoms with Crippen LogP contribution in [0.15, 0.2) is 0 Å². The van der Waals surface area contributed by atoms with Crippen molar-refractivity contribution >= 4 is 0 Å². The van der Waals surface area contributed by atoms with Crippen LogP contribution in [0.2, 0.25) is 0 Å². The van der Waals surface area contributed by atoms with E-state index in [0.29, 0.717) is 5.92 Å². The molecule has 4 heteroatoms. The van der Waals surface area contributed by atoms with Gasteiger partial charge in [0.15, 0.2) is 0 Å². The van der Waals surface area contributed by atoms with E-state index < -0.39 is 0 Å². The summed E-state index contributed by atoms with van der Waals surface area (Å²) in [7, 11) is 0. The van der Waals surface area contributed by atoms with Crippen molar-refractivity contribution < 1.29 is 9.47 Å². The summed E-state index contributed by atoms with van der Waals surface area (Å²) >= 11 is 0. The van der Waals surface area contributed by atoms with Gasteiger partial charge in [-0.1, -0.05) is 6.92 Å². The third-order valence-corrected chi connectivity index (χ3v) is 4.03. The molecule has 0 spiro atoms. The molecule has 0 saturated carbocycles. The van der Waals surface area contributed by atoms with Gasteiger partial charge in [-0.2, -0.15) is 0 Å². The van der Waals surface area contributed by atoms with Crippen LogP contribution in [0.3, 0.4) is 0 Å². The molecule has 25 heavy (non-hydrogen) atoms. The molecule has 0 aliphatic heterocycles. The van der Waals surface area contributed by atoms with Crippen molar-refractivity contribution in [3.8, 4) is 0 Å². The quantitative estimate of drug-likeness (QED) is 0.557. The van der Waals surface area contributed by atoms with Gasteiger partial charge in [0.25, 0.3) is 0 Å². The molecule has 0 bridgehead atoms. The Morgan fingerprint density at radius 1 is 0.880 bits per heavy atom. The fourth-order valence-corrected chi connectivity index (χ4v) is 2.51. The maximum Gasteiger partial charge on any atom is 0.0598 e. The minimum absolute atomic E-state index is 0.0433. The van der Waals surface area contributed by atoms with Gasteiger partial charge in [0, 0.05) is 37.3 Å². The van der Waals surface area contributed by atoms with E-state index in [2.05, 4.69) is 79.5 Å². The van der Waals surface area contributed by atoms with Crippen LogP contribution in [-0.4, -0.2) is 61.0 Å². The predicted octanol–water partition coefficient (Wildman–Crippen LogP) is 4.33. The van der Waals surface area contributed by atoms with Crippen molar-refractivity contribution in [1.29, 1.82) is 0 Å². The molecule has 0 aliphatic carbocycles. The molecule has 152 valence electrons. The third kappa shape index (κ3) is 15.8. The van der Waals surface area contributed by atoms with Crippen LogP contribution in [0.5, 0.6) is 0 Å². The van der Waals surface area contributed by atoms with Crippen LogP contribution in [0.4, 0.5) is 0 Å². The van der Waals surface area contributed by atoms with Gasteiger partial charge in [0.1, 0.15) is 0 Å². The van der Waals surface area contributed by atoms with Crippen LogP contribution in [0.1, 0.15) is 75.7 Å². The Labute approximate surface area is 158 Å². The minimum Gasteiger partial charge on any atom is -0.379 e. The Hall–Kier alpha value is -0.160. The average molecular weight is 359 g/mol. The molecule has 0 fully saturated rings. The van der Waals surface area contributed by atoms with Crippen LogP contribution < -0.4 is 5.32 Å². The van der Waals surface area contributed by atoms with Crippen LogP contribution in [0.25, 0.3) is 0 Å². The van der Waals surface area contributed by atoms with Crippen molar-refractivity contribution in [2.45, 2.75) is 92.3 Å². The standard InChI is InChI=1S/C21H46N2O2/c1-18(11-14-25-21(8,9)10)17-23(20(5,6)7)13-16-24-15-12-22-19(2,3)4/h18,22H,11-17H2,1-10H3. The molecule has 0 radical (unpaired) electrons. The Morgan fingerprint density at radius 2 is 1.48 bits per heavy atom. The minimum atomic E-state index is -0.0433. The van der Waals surface area contributed by atoms with E-state index in [-0.39, 0.29) is 16.7 Å². The molecule has 1 N–H and O–H groups in total. The molecule has 0 saturated heterocycles. The molecule has 1 atom stereocenters. The second kappa shape index (κ2) is 10.9. The van der Waals surface area contributed by atoms with E-state index in [9.17, 15) is 0 Å². The van der Waals surface area contributed by atoms with Gasteiger partial charge in [0.05, 0.1) is 18.8 Å². The zero-order valence-corrected chi connectivity index (χ0v) is 18.8. The molecule has 0 amide bonds. The monoisotopic (exact) mass is 358 g/mol. The largest absolute Gasteiger partial charge is 0.379 e. The van der Waals surface area contributed by atoms with E-state index in [1.165, 1.54) is 0 Å². The van der Waals surface area contributed by atoms with E-state index >= 15 is 0 Å². The second-order valence-corrected chi connectivity index (χ2v) is 10.3. The third-order valence-electron chi connectivity index (χ3n) is 4.03. The topological polar surface area (TPSA) is 33.7 Å². The first kappa shape index (κ1) is 24.8. The smallest absolute Gasteiger partial charge is 0.0598 e. The summed E-state index contributed by atoms with van der Waals surface area (Å²) in [5, 5.41) is 3.46. The Morgan fingerprint density at radius 3 is 1.96 bits per heavy atom. The van der Waals surface area contributed by atoms with Gasteiger partial charge < -0.3 is 14.8 Å². The summed E-state index contributed by atoms with van der Waals surface area (Å²) in [4.78, 5) is 2.53. The first-order valence-corrected chi connectivity index (χ1v) is 9.92. The van der Waals surface area contributed by atoms with E-state index in [1.807, 2.05) is 0 Å². The lowest BCUT2D eigenvalue weighted by atomic mass is 10.0. The van der Waals surface area contributed by atoms with Gasteiger partial charge in [-0.25, -0.2) is 0 Å². The molecule has 4 nitrogen and oxygen atoms in total. The number of rotatable bonds is 11. The van der Waals surface area contributed by atoms with Crippen LogP contribution in [-0.2, 0) is 9.47 Å². The molecule has 0 rings (SSSR count). The van der Waals surface area contributed by atoms with Crippen molar-refractivity contribution in [2.75, 3.05) is 39.5 Å². The van der Waals surface area contributed by atoms with Crippen molar-refractivity contribution in [1.82, 2.24) is 10.2 Å². The highest BCUT2D eigenvalue weighted by Gasteiger charge is 2.23. The normalized spacial score (nSPS) is 15.0. The van der Waals surface area contributed by atoms with Crippen LogP contribution in [0, 0.1) is 5.92 Å². The van der Waals surface area contributed by atoms with Crippen molar-refractivity contribution in [3.63, 3.8) is 0 Å². The molecule has 0 heterocycles. The van der Waals surface area contributed by atoms with E-state index in [4.69, 9.17) is 9.47 Å². The van der Waals surface area contributed by atoms with Gasteiger partial charge in [-0.05, 0) is 74.7 Å². The van der Waals surface area contributed by atoms with E-state index in [1.54, 1.807) is 0 Å². The Bertz CT molecular complexity index is 337. The number of hydrogen-bond donors (Lipinski definition) is 1. The molecule has 0 aromatic heterocycles. The van der Waals surface area contributed by atoms with Gasteiger partial charge >= 0.3 is 0 Å². The Balaban J connectivity index is 4.13. The molecular weight excluding hydrogens is 312 g/mol. The molecule has 0 aliphatic rings. The lowest BCUT2D eigenvalue weighted by molar-refractivity contribution is -0.0129. The number of ether oxygens (including phenoxy) is 2. The summed E-state index contributed by atoms with van der Waals surface area (Å²) in [6.45, 7) is 27.4. The number of nitrogens with one attached hydrogen (secondary N) is 1. The van der Waals surface area contributed by atoms with Crippen molar-refractivity contribution in [2.24, 2.45) is 5.92 Å². The maximum atomic E-state index is 5.87. The summed E-state index contributed by atoms with van der Waals surface area (Å²) in [6, 6.07) is 0.